The SMILES string of the molecule is CCC1CCCCN1C(=S)Nc1ccccc1OC. The van der Waals surface area contributed by atoms with E-state index < -0.39 is 0 Å². The van der Waals surface area contributed by atoms with Crippen LogP contribution in [0.25, 0.3) is 0 Å². The summed E-state index contributed by atoms with van der Waals surface area (Å²) in [4.78, 5) is 2.32. The quantitative estimate of drug-likeness (QED) is 0.853. The van der Waals surface area contributed by atoms with E-state index in [1.54, 1.807) is 7.11 Å². The molecule has 1 fully saturated rings. The smallest absolute Gasteiger partial charge is 0.173 e. The number of methoxy groups -OCH3 is 1. The highest BCUT2D eigenvalue weighted by molar-refractivity contribution is 7.80. The molecule has 1 aromatic carbocycles. The second-order valence-electron chi connectivity index (χ2n) is 4.88. The number of likely N-dealkylation sites (tertiary alicyclic amines) is 1. The molecular weight excluding hydrogens is 256 g/mol. The Kier molecular flexibility index (Phi) is 5.02. The van der Waals surface area contributed by atoms with Gasteiger partial charge >= 0.3 is 0 Å². The zero-order valence-electron chi connectivity index (χ0n) is 11.7. The Hall–Kier alpha value is -1.29. The van der Waals surface area contributed by atoms with E-state index in [1.807, 2.05) is 24.3 Å². The number of rotatable bonds is 3. The van der Waals surface area contributed by atoms with Crippen molar-refractivity contribution in [1.29, 1.82) is 0 Å². The van der Waals surface area contributed by atoms with Crippen LogP contribution < -0.4 is 10.1 Å². The van der Waals surface area contributed by atoms with E-state index in [0.717, 1.165) is 29.5 Å². The van der Waals surface area contributed by atoms with Crippen molar-refractivity contribution in [1.82, 2.24) is 4.90 Å². The van der Waals surface area contributed by atoms with E-state index in [-0.39, 0.29) is 0 Å². The van der Waals surface area contributed by atoms with Crippen LogP contribution in [0.3, 0.4) is 0 Å². The molecule has 1 unspecified atom stereocenters. The predicted molar refractivity (Wildman–Crippen MR) is 83.9 cm³/mol. The van der Waals surface area contributed by atoms with Gasteiger partial charge in [-0.3, -0.25) is 0 Å². The maximum Gasteiger partial charge on any atom is 0.173 e. The summed E-state index contributed by atoms with van der Waals surface area (Å²) in [5.41, 5.74) is 0.940. The number of hydrogen-bond donors (Lipinski definition) is 1. The van der Waals surface area contributed by atoms with E-state index in [9.17, 15) is 0 Å². The number of nitrogens with one attached hydrogen (secondary N) is 1. The van der Waals surface area contributed by atoms with Crippen LogP contribution in [0.15, 0.2) is 24.3 Å². The summed E-state index contributed by atoms with van der Waals surface area (Å²) in [6.07, 6.45) is 4.93. The van der Waals surface area contributed by atoms with E-state index in [1.165, 1.54) is 19.3 Å². The average molecular weight is 278 g/mol. The van der Waals surface area contributed by atoms with Gasteiger partial charge in [0.1, 0.15) is 5.75 Å². The number of thiocarbonyl (C=S) groups is 1. The molecule has 1 atom stereocenters. The van der Waals surface area contributed by atoms with Crippen molar-refractivity contribution in [2.75, 3.05) is 19.0 Å². The molecular formula is C15H22N2OS. The third-order valence-electron chi connectivity index (χ3n) is 3.71. The summed E-state index contributed by atoms with van der Waals surface area (Å²) >= 11 is 5.57. The first-order chi connectivity index (χ1) is 9.26. The van der Waals surface area contributed by atoms with Gasteiger partial charge in [0, 0.05) is 12.6 Å². The molecule has 4 heteroatoms. The number of nitrogens with zero attached hydrogens (tertiary/aromatic N) is 1. The second kappa shape index (κ2) is 6.75. The fourth-order valence-electron chi connectivity index (χ4n) is 2.63. The average Bonchev–Trinajstić information content (AvgIpc) is 2.47. The van der Waals surface area contributed by atoms with Crippen molar-refractivity contribution < 1.29 is 4.74 Å². The molecule has 1 aromatic rings. The molecule has 1 aliphatic rings. The number of para-hydroxylation sites is 2. The van der Waals surface area contributed by atoms with Crippen LogP contribution in [0.4, 0.5) is 5.69 Å². The molecule has 2 rings (SSSR count). The molecule has 104 valence electrons. The first-order valence-corrected chi connectivity index (χ1v) is 7.37. The number of hydrogen-bond acceptors (Lipinski definition) is 2. The normalized spacial score (nSPS) is 19.1. The van der Waals surface area contributed by atoms with Crippen LogP contribution >= 0.6 is 12.2 Å². The Balaban J connectivity index is 2.07. The van der Waals surface area contributed by atoms with Crippen molar-refractivity contribution in [2.24, 2.45) is 0 Å². The fourth-order valence-corrected chi connectivity index (χ4v) is 2.98. The Bertz CT molecular complexity index is 436. The Morgan fingerprint density at radius 1 is 1.42 bits per heavy atom. The van der Waals surface area contributed by atoms with Gasteiger partial charge in [-0.1, -0.05) is 19.1 Å². The molecule has 3 nitrogen and oxygen atoms in total. The molecule has 1 saturated heterocycles. The molecule has 1 heterocycles. The van der Waals surface area contributed by atoms with E-state index in [0.29, 0.717) is 6.04 Å². The lowest BCUT2D eigenvalue weighted by Gasteiger charge is -2.37. The lowest BCUT2D eigenvalue weighted by atomic mass is 10.0. The summed E-state index contributed by atoms with van der Waals surface area (Å²) < 4.78 is 5.35. The van der Waals surface area contributed by atoms with Gasteiger partial charge in [0.25, 0.3) is 0 Å². The lowest BCUT2D eigenvalue weighted by molar-refractivity contribution is 0.239. The molecule has 0 bridgehead atoms. The van der Waals surface area contributed by atoms with Crippen LogP contribution in [-0.2, 0) is 0 Å². The van der Waals surface area contributed by atoms with Crippen molar-refractivity contribution in [3.05, 3.63) is 24.3 Å². The van der Waals surface area contributed by atoms with Crippen molar-refractivity contribution in [3.63, 3.8) is 0 Å². The van der Waals surface area contributed by atoms with Crippen LogP contribution in [0.5, 0.6) is 5.75 Å². The second-order valence-corrected chi connectivity index (χ2v) is 5.27. The van der Waals surface area contributed by atoms with Crippen LogP contribution in [0.1, 0.15) is 32.6 Å². The molecule has 0 amide bonds. The first-order valence-electron chi connectivity index (χ1n) is 6.97. The van der Waals surface area contributed by atoms with Crippen LogP contribution in [0.2, 0.25) is 0 Å². The van der Waals surface area contributed by atoms with Gasteiger partial charge in [0.2, 0.25) is 0 Å². The monoisotopic (exact) mass is 278 g/mol. The highest BCUT2D eigenvalue weighted by atomic mass is 32.1. The summed E-state index contributed by atoms with van der Waals surface area (Å²) in [5, 5.41) is 4.14. The summed E-state index contributed by atoms with van der Waals surface area (Å²) in [5.74, 6) is 0.829. The standard InChI is InChI=1S/C15H22N2OS/c1-3-12-8-6-7-11-17(12)15(19)16-13-9-4-5-10-14(13)18-2/h4-5,9-10,12H,3,6-8,11H2,1-2H3,(H,16,19). The minimum Gasteiger partial charge on any atom is -0.495 e. The number of benzene rings is 1. The first kappa shape index (κ1) is 14.1. The van der Waals surface area contributed by atoms with E-state index in [4.69, 9.17) is 17.0 Å². The molecule has 0 aromatic heterocycles. The highest BCUT2D eigenvalue weighted by Gasteiger charge is 2.23. The van der Waals surface area contributed by atoms with Gasteiger partial charge in [-0.05, 0) is 50.0 Å². The molecule has 1 aliphatic heterocycles. The molecule has 0 aliphatic carbocycles. The Morgan fingerprint density at radius 3 is 2.95 bits per heavy atom. The predicted octanol–water partition coefficient (Wildman–Crippen LogP) is 3.66. The van der Waals surface area contributed by atoms with Crippen molar-refractivity contribution in [2.45, 2.75) is 38.6 Å². The maximum absolute atomic E-state index is 5.57. The molecule has 1 N–H and O–H groups in total. The number of ether oxygens (including phenoxy) is 1. The maximum atomic E-state index is 5.57. The minimum atomic E-state index is 0.573. The van der Waals surface area contributed by atoms with Gasteiger partial charge in [0.05, 0.1) is 12.8 Å². The topological polar surface area (TPSA) is 24.5 Å². The van der Waals surface area contributed by atoms with Crippen molar-refractivity contribution in [3.8, 4) is 5.75 Å². The van der Waals surface area contributed by atoms with Crippen molar-refractivity contribution >= 4 is 23.0 Å². The zero-order valence-corrected chi connectivity index (χ0v) is 12.5. The van der Waals surface area contributed by atoms with Gasteiger partial charge in [-0.25, -0.2) is 0 Å². The third kappa shape index (κ3) is 3.38. The molecule has 0 saturated carbocycles. The largest absolute Gasteiger partial charge is 0.495 e. The van der Waals surface area contributed by atoms with Crippen LogP contribution in [0, 0.1) is 0 Å². The lowest BCUT2D eigenvalue weighted by Crippen LogP contribution is -2.45. The van der Waals surface area contributed by atoms with E-state index >= 15 is 0 Å². The molecule has 0 radical (unpaired) electrons. The Labute approximate surface area is 120 Å². The molecule has 19 heavy (non-hydrogen) atoms. The van der Waals surface area contributed by atoms with E-state index in [2.05, 4.69) is 17.1 Å². The summed E-state index contributed by atoms with van der Waals surface area (Å²) in [6.45, 7) is 3.29. The highest BCUT2D eigenvalue weighted by Crippen LogP contribution is 2.25. The number of piperidine rings is 1. The zero-order chi connectivity index (χ0) is 13.7. The molecule has 0 spiro atoms. The summed E-state index contributed by atoms with van der Waals surface area (Å²) in [7, 11) is 1.68. The Morgan fingerprint density at radius 2 is 2.21 bits per heavy atom. The van der Waals surface area contributed by atoms with Gasteiger partial charge in [-0.15, -0.1) is 0 Å². The van der Waals surface area contributed by atoms with Gasteiger partial charge in [0.15, 0.2) is 5.11 Å². The van der Waals surface area contributed by atoms with Gasteiger partial charge < -0.3 is 15.0 Å². The van der Waals surface area contributed by atoms with Gasteiger partial charge in [-0.2, -0.15) is 0 Å². The minimum absolute atomic E-state index is 0.573. The fraction of sp³-hybridized carbons (Fsp3) is 0.533. The summed E-state index contributed by atoms with van der Waals surface area (Å²) in [6, 6.07) is 8.46. The van der Waals surface area contributed by atoms with Crippen LogP contribution in [-0.4, -0.2) is 29.7 Å². The third-order valence-corrected chi connectivity index (χ3v) is 4.04. The number of anilines is 1.